The van der Waals surface area contributed by atoms with Gasteiger partial charge in [-0.15, -0.1) is 0 Å². The Morgan fingerprint density at radius 3 is 2.48 bits per heavy atom. The lowest BCUT2D eigenvalue weighted by atomic mass is 9.92. The van der Waals surface area contributed by atoms with Crippen LogP contribution >= 0.6 is 0 Å². The highest BCUT2D eigenvalue weighted by Gasteiger charge is 2.26. The number of nitro benzene ring substituents is 1. The third kappa shape index (κ3) is 3.89. The summed E-state index contributed by atoms with van der Waals surface area (Å²) < 4.78 is 0. The van der Waals surface area contributed by atoms with Gasteiger partial charge in [-0.2, -0.15) is 0 Å². The fourth-order valence-electron chi connectivity index (χ4n) is 1.44. The zero-order valence-electron chi connectivity index (χ0n) is 11.7. The normalized spacial score (nSPS) is 10.8. The maximum Gasteiger partial charge on any atom is 0.293 e. The van der Waals surface area contributed by atoms with E-state index in [1.165, 1.54) is 18.2 Å². The molecular formula is C12H17N5O4. The van der Waals surface area contributed by atoms with Crippen molar-refractivity contribution in [2.45, 2.75) is 13.8 Å². The summed E-state index contributed by atoms with van der Waals surface area (Å²) in [4.78, 5) is 33.3. The molecule has 114 valence electrons. The number of nitrogens with one attached hydrogen (secondary N) is 2. The Morgan fingerprint density at radius 2 is 2.00 bits per heavy atom. The van der Waals surface area contributed by atoms with Crippen LogP contribution in [0, 0.1) is 15.5 Å². The van der Waals surface area contributed by atoms with Gasteiger partial charge in [0.05, 0.1) is 10.3 Å². The Hall–Kier alpha value is -2.68. The smallest absolute Gasteiger partial charge is 0.293 e. The van der Waals surface area contributed by atoms with Crippen LogP contribution in [-0.4, -0.2) is 23.3 Å². The van der Waals surface area contributed by atoms with E-state index in [4.69, 9.17) is 11.6 Å². The lowest BCUT2D eigenvalue weighted by Gasteiger charge is -2.20. The molecule has 6 N–H and O–H groups in total. The monoisotopic (exact) mass is 295 g/mol. The fourth-order valence-corrected chi connectivity index (χ4v) is 1.44. The molecule has 0 aliphatic rings. The average Bonchev–Trinajstić information content (AvgIpc) is 2.43. The van der Waals surface area contributed by atoms with E-state index < -0.39 is 22.2 Å². The van der Waals surface area contributed by atoms with Crippen molar-refractivity contribution >= 4 is 23.2 Å². The van der Waals surface area contributed by atoms with E-state index in [0.29, 0.717) is 0 Å². The largest absolute Gasteiger partial charge is 0.369 e. The quantitative estimate of drug-likeness (QED) is 0.332. The van der Waals surface area contributed by atoms with Crippen molar-refractivity contribution in [3.63, 3.8) is 0 Å². The second-order valence-corrected chi connectivity index (χ2v) is 5.06. The number of nitrogen functional groups attached to an aromatic ring is 1. The number of amides is 2. The van der Waals surface area contributed by atoms with Crippen LogP contribution in [0.4, 0.5) is 11.4 Å². The highest BCUT2D eigenvalue weighted by molar-refractivity contribution is 5.96. The minimum atomic E-state index is -0.897. The highest BCUT2D eigenvalue weighted by atomic mass is 16.6. The number of hydrogen-bond acceptors (Lipinski definition) is 6. The van der Waals surface area contributed by atoms with Crippen molar-refractivity contribution in [3.05, 3.63) is 33.9 Å². The maximum absolute atomic E-state index is 12.0. The van der Waals surface area contributed by atoms with Gasteiger partial charge in [-0.1, -0.05) is 0 Å². The molecule has 21 heavy (non-hydrogen) atoms. The standard InChI is InChI=1S/C12H17N5O4/c1-12(2,11(13)19)6-15-10(18)7-3-4-9(17(20)21)8(5-7)16-14/h3-5,16H,6,14H2,1-2H3,(H2,13,19)(H,15,18). The van der Waals surface area contributed by atoms with Crippen LogP contribution in [0.25, 0.3) is 0 Å². The fraction of sp³-hybridized carbons (Fsp3) is 0.333. The molecule has 0 spiro atoms. The third-order valence-electron chi connectivity index (χ3n) is 2.97. The van der Waals surface area contributed by atoms with Crippen molar-refractivity contribution in [1.29, 1.82) is 0 Å². The van der Waals surface area contributed by atoms with Crippen LogP contribution < -0.4 is 22.3 Å². The van der Waals surface area contributed by atoms with Gasteiger partial charge in [-0.3, -0.25) is 25.5 Å². The van der Waals surface area contributed by atoms with Crippen LogP contribution in [0.1, 0.15) is 24.2 Å². The number of benzene rings is 1. The molecule has 0 aliphatic carbocycles. The zero-order valence-corrected chi connectivity index (χ0v) is 11.7. The zero-order chi connectivity index (χ0) is 16.2. The van der Waals surface area contributed by atoms with Gasteiger partial charge in [0.15, 0.2) is 0 Å². The first-order valence-corrected chi connectivity index (χ1v) is 6.02. The molecule has 0 bridgehead atoms. The SMILES string of the molecule is CC(C)(CNC(=O)c1ccc([N+](=O)[O-])c(NN)c1)C(N)=O. The van der Waals surface area contributed by atoms with Crippen LogP contribution in [-0.2, 0) is 4.79 Å². The van der Waals surface area contributed by atoms with Gasteiger partial charge in [0.25, 0.3) is 11.6 Å². The van der Waals surface area contributed by atoms with Crippen LogP contribution in [0.5, 0.6) is 0 Å². The van der Waals surface area contributed by atoms with Crippen molar-refractivity contribution in [3.8, 4) is 0 Å². The Bertz CT molecular complexity index is 585. The van der Waals surface area contributed by atoms with Gasteiger partial charge in [0.2, 0.25) is 5.91 Å². The van der Waals surface area contributed by atoms with E-state index >= 15 is 0 Å². The molecule has 1 rings (SSSR count). The predicted octanol–water partition coefficient (Wildman–Crippen LogP) is 0.122. The molecule has 0 fully saturated rings. The molecule has 9 nitrogen and oxygen atoms in total. The number of carbonyl (C=O) groups excluding carboxylic acids is 2. The summed E-state index contributed by atoms with van der Waals surface area (Å²) in [6.07, 6.45) is 0. The first kappa shape index (κ1) is 16.4. The summed E-state index contributed by atoms with van der Waals surface area (Å²) in [5.41, 5.74) is 6.42. The van der Waals surface area contributed by atoms with E-state index in [9.17, 15) is 19.7 Å². The molecule has 1 aromatic rings. The van der Waals surface area contributed by atoms with Crippen molar-refractivity contribution in [2.24, 2.45) is 17.0 Å². The molecule has 1 aromatic carbocycles. The van der Waals surface area contributed by atoms with Gasteiger partial charge in [-0.25, -0.2) is 0 Å². The van der Waals surface area contributed by atoms with E-state index in [1.54, 1.807) is 13.8 Å². The van der Waals surface area contributed by atoms with E-state index in [0.717, 1.165) is 0 Å². The maximum atomic E-state index is 12.0. The number of anilines is 1. The number of hydrogen-bond donors (Lipinski definition) is 4. The number of primary amides is 1. The van der Waals surface area contributed by atoms with Gasteiger partial charge >= 0.3 is 0 Å². The number of nitrogens with zero attached hydrogens (tertiary/aromatic N) is 1. The van der Waals surface area contributed by atoms with E-state index in [-0.39, 0.29) is 23.5 Å². The predicted molar refractivity (Wildman–Crippen MR) is 76.2 cm³/mol. The average molecular weight is 295 g/mol. The molecule has 0 radical (unpaired) electrons. The third-order valence-corrected chi connectivity index (χ3v) is 2.97. The summed E-state index contributed by atoms with van der Waals surface area (Å²) in [7, 11) is 0. The minimum absolute atomic E-state index is 0.0156. The first-order chi connectivity index (χ1) is 9.69. The van der Waals surface area contributed by atoms with Gasteiger partial charge in [-0.05, 0) is 26.0 Å². The van der Waals surface area contributed by atoms with E-state index in [2.05, 4.69) is 10.7 Å². The number of carbonyl (C=O) groups is 2. The first-order valence-electron chi connectivity index (χ1n) is 6.02. The summed E-state index contributed by atoms with van der Waals surface area (Å²) in [5.74, 6) is 4.16. The Kier molecular flexibility index (Phi) is 4.82. The van der Waals surface area contributed by atoms with E-state index in [1.807, 2.05) is 0 Å². The lowest BCUT2D eigenvalue weighted by Crippen LogP contribution is -2.42. The second-order valence-electron chi connectivity index (χ2n) is 5.06. The Balaban J connectivity index is 2.89. The van der Waals surface area contributed by atoms with Crippen LogP contribution in [0.3, 0.4) is 0 Å². The molecule has 0 saturated heterocycles. The summed E-state index contributed by atoms with van der Waals surface area (Å²) in [6.45, 7) is 3.24. The number of nitro groups is 1. The topological polar surface area (TPSA) is 153 Å². The number of nitrogens with two attached hydrogens (primary N) is 2. The van der Waals surface area contributed by atoms with Crippen molar-refractivity contribution in [2.75, 3.05) is 12.0 Å². The molecule has 0 atom stereocenters. The van der Waals surface area contributed by atoms with Crippen molar-refractivity contribution in [1.82, 2.24) is 5.32 Å². The molecular weight excluding hydrogens is 278 g/mol. The molecule has 2 amide bonds. The van der Waals surface area contributed by atoms with Crippen LogP contribution in [0.15, 0.2) is 18.2 Å². The molecule has 0 unspecified atom stereocenters. The second kappa shape index (κ2) is 6.18. The molecule has 9 heteroatoms. The lowest BCUT2D eigenvalue weighted by molar-refractivity contribution is -0.384. The molecule has 0 aliphatic heterocycles. The summed E-state index contributed by atoms with van der Waals surface area (Å²) >= 11 is 0. The number of hydrazine groups is 1. The molecule has 0 aromatic heterocycles. The summed E-state index contributed by atoms with van der Waals surface area (Å²) in [5, 5.41) is 13.3. The van der Waals surface area contributed by atoms with Gasteiger partial charge in [0, 0.05) is 18.2 Å². The molecule has 0 heterocycles. The Morgan fingerprint density at radius 1 is 1.38 bits per heavy atom. The van der Waals surface area contributed by atoms with Crippen molar-refractivity contribution < 1.29 is 14.5 Å². The highest BCUT2D eigenvalue weighted by Crippen LogP contribution is 2.24. The summed E-state index contributed by atoms with van der Waals surface area (Å²) in [6, 6.07) is 3.72. The van der Waals surface area contributed by atoms with Gasteiger partial charge in [0.1, 0.15) is 5.69 Å². The van der Waals surface area contributed by atoms with Gasteiger partial charge < -0.3 is 16.5 Å². The Labute approximate surface area is 120 Å². The van der Waals surface area contributed by atoms with Crippen LogP contribution in [0.2, 0.25) is 0 Å². The number of rotatable bonds is 6. The minimum Gasteiger partial charge on any atom is -0.369 e. The molecule has 0 saturated carbocycles.